The molecule has 5 rings (SSSR count). The molecule has 0 fully saturated rings. The Hall–Kier alpha value is -4.42. The Kier molecular flexibility index (Phi) is 6.20. The lowest BCUT2D eigenvalue weighted by molar-refractivity contribution is -0.191. The molecule has 0 bridgehead atoms. The summed E-state index contributed by atoms with van der Waals surface area (Å²) in [5.41, 5.74) is 4.58. The molecule has 0 aliphatic carbocycles. The van der Waals surface area contributed by atoms with Crippen molar-refractivity contribution in [3.05, 3.63) is 84.2 Å². The topological polar surface area (TPSA) is 98.1 Å². The zero-order valence-corrected chi connectivity index (χ0v) is 18.2. The third-order valence-electron chi connectivity index (χ3n) is 5.39. The van der Waals surface area contributed by atoms with E-state index in [1.165, 1.54) is 0 Å². The van der Waals surface area contributed by atoms with Crippen molar-refractivity contribution in [2.24, 2.45) is 0 Å². The monoisotopic (exact) mass is 439 g/mol. The molecule has 0 saturated carbocycles. The number of nitrogens with zero attached hydrogens (tertiary/aromatic N) is 5. The van der Waals surface area contributed by atoms with E-state index in [1.54, 1.807) is 11.2 Å². The summed E-state index contributed by atoms with van der Waals surface area (Å²) >= 11 is 0. The Morgan fingerprint density at radius 2 is 1.70 bits per heavy atom. The summed E-state index contributed by atoms with van der Waals surface area (Å²) in [6.45, 7) is 4.65. The highest BCUT2D eigenvalue weighted by Gasteiger charge is 2.30. The van der Waals surface area contributed by atoms with Crippen molar-refractivity contribution in [3.63, 3.8) is 0 Å². The van der Waals surface area contributed by atoms with Crippen molar-refractivity contribution in [2.75, 3.05) is 4.90 Å². The summed E-state index contributed by atoms with van der Waals surface area (Å²) in [6, 6.07) is 22.1. The van der Waals surface area contributed by atoms with Gasteiger partial charge in [0, 0.05) is 11.6 Å². The standard InChI is InChI=1S/C24H21N5O.CO2/c1-16(2)29-15-25-27-23(29)21-9-6-10-22(26-21)28-14-19-12-11-18(13-20(19)24(28)30)17-7-4-3-5-8-17;2-1-3/h3-13,15-16H,14H2,1-2H3;. The number of aromatic nitrogens is 4. The predicted octanol–water partition coefficient (Wildman–Crippen LogP) is 4.16. The smallest absolute Gasteiger partial charge is 0.310 e. The van der Waals surface area contributed by atoms with E-state index in [-0.39, 0.29) is 18.1 Å². The highest BCUT2D eigenvalue weighted by Crippen LogP contribution is 2.32. The van der Waals surface area contributed by atoms with Gasteiger partial charge in [0.2, 0.25) is 0 Å². The lowest BCUT2D eigenvalue weighted by atomic mass is 10.0. The molecule has 2 aromatic carbocycles. The lowest BCUT2D eigenvalue weighted by Crippen LogP contribution is -2.24. The maximum atomic E-state index is 13.2. The molecular formula is C25H21N5O3. The summed E-state index contributed by atoms with van der Waals surface area (Å²) in [7, 11) is 0. The van der Waals surface area contributed by atoms with Crippen molar-refractivity contribution in [1.29, 1.82) is 0 Å². The van der Waals surface area contributed by atoms with E-state index in [9.17, 15) is 4.79 Å². The zero-order chi connectivity index (χ0) is 23.4. The van der Waals surface area contributed by atoms with E-state index >= 15 is 0 Å². The first kappa shape index (κ1) is 21.8. The van der Waals surface area contributed by atoms with Gasteiger partial charge in [0.05, 0.1) is 6.54 Å². The van der Waals surface area contributed by atoms with Crippen LogP contribution in [0.3, 0.4) is 0 Å². The van der Waals surface area contributed by atoms with Gasteiger partial charge in [-0.3, -0.25) is 9.69 Å². The van der Waals surface area contributed by atoms with Gasteiger partial charge in [-0.05, 0) is 48.7 Å². The second-order valence-electron chi connectivity index (χ2n) is 7.75. The van der Waals surface area contributed by atoms with Gasteiger partial charge in [-0.2, -0.15) is 9.59 Å². The normalized spacial score (nSPS) is 12.2. The van der Waals surface area contributed by atoms with Crippen molar-refractivity contribution in [1.82, 2.24) is 19.7 Å². The highest BCUT2D eigenvalue weighted by atomic mass is 16.2. The second-order valence-corrected chi connectivity index (χ2v) is 7.75. The van der Waals surface area contributed by atoms with Gasteiger partial charge >= 0.3 is 6.15 Å². The number of hydrogen-bond acceptors (Lipinski definition) is 6. The Balaban J connectivity index is 0.000000821. The van der Waals surface area contributed by atoms with Crippen LogP contribution >= 0.6 is 0 Å². The van der Waals surface area contributed by atoms with Crippen LogP contribution in [0.2, 0.25) is 0 Å². The van der Waals surface area contributed by atoms with Crippen LogP contribution in [-0.4, -0.2) is 31.8 Å². The molecule has 0 saturated heterocycles. The number of anilines is 1. The summed E-state index contributed by atoms with van der Waals surface area (Å²) < 4.78 is 1.97. The van der Waals surface area contributed by atoms with Crippen LogP contribution in [0.25, 0.3) is 22.6 Å². The molecule has 3 heterocycles. The van der Waals surface area contributed by atoms with Crippen molar-refractivity contribution in [2.45, 2.75) is 26.4 Å². The van der Waals surface area contributed by atoms with E-state index in [0.717, 1.165) is 22.3 Å². The molecule has 1 amide bonds. The maximum Gasteiger partial charge on any atom is 0.373 e. The molecule has 8 nitrogen and oxygen atoms in total. The van der Waals surface area contributed by atoms with E-state index in [4.69, 9.17) is 14.6 Å². The van der Waals surface area contributed by atoms with Crippen molar-refractivity contribution >= 4 is 17.9 Å². The zero-order valence-electron chi connectivity index (χ0n) is 18.2. The number of amides is 1. The van der Waals surface area contributed by atoms with E-state index in [1.807, 2.05) is 53.1 Å². The molecule has 0 radical (unpaired) electrons. The molecule has 0 N–H and O–H groups in total. The van der Waals surface area contributed by atoms with E-state index in [2.05, 4.69) is 42.2 Å². The van der Waals surface area contributed by atoms with Gasteiger partial charge in [-0.1, -0.05) is 48.5 Å². The number of pyridine rings is 1. The third-order valence-corrected chi connectivity index (χ3v) is 5.39. The minimum Gasteiger partial charge on any atom is -0.310 e. The van der Waals surface area contributed by atoms with Gasteiger partial charge in [0.1, 0.15) is 17.8 Å². The first-order chi connectivity index (χ1) is 16.0. The van der Waals surface area contributed by atoms with Crippen LogP contribution < -0.4 is 4.90 Å². The molecule has 33 heavy (non-hydrogen) atoms. The predicted molar refractivity (Wildman–Crippen MR) is 121 cm³/mol. The van der Waals surface area contributed by atoms with E-state index < -0.39 is 0 Å². The lowest BCUT2D eigenvalue weighted by Gasteiger charge is -2.16. The minimum absolute atomic E-state index is 0.0299. The number of fused-ring (bicyclic) bond motifs is 1. The largest absolute Gasteiger partial charge is 0.373 e. The Labute approximate surface area is 190 Å². The fraction of sp³-hybridized carbons (Fsp3) is 0.160. The van der Waals surface area contributed by atoms with Crippen LogP contribution in [-0.2, 0) is 16.1 Å². The molecular weight excluding hydrogens is 418 g/mol. The number of carbonyl (C=O) groups excluding carboxylic acids is 3. The van der Waals surface area contributed by atoms with Gasteiger partial charge in [0.15, 0.2) is 5.82 Å². The summed E-state index contributed by atoms with van der Waals surface area (Å²) in [5.74, 6) is 1.29. The summed E-state index contributed by atoms with van der Waals surface area (Å²) in [6.07, 6.45) is 1.95. The first-order valence-electron chi connectivity index (χ1n) is 10.4. The second kappa shape index (κ2) is 9.38. The van der Waals surface area contributed by atoms with Gasteiger partial charge < -0.3 is 4.57 Å². The number of benzene rings is 2. The SMILES string of the molecule is CC(C)n1cnnc1-c1cccc(N2Cc3ccc(-c4ccccc4)cc3C2=O)n1.O=C=O. The average Bonchev–Trinajstić information content (AvgIpc) is 3.46. The first-order valence-corrected chi connectivity index (χ1v) is 10.4. The van der Waals surface area contributed by atoms with Gasteiger partial charge in [0.25, 0.3) is 5.91 Å². The number of rotatable bonds is 4. The molecule has 1 aliphatic heterocycles. The molecule has 4 aromatic rings. The molecule has 0 spiro atoms. The maximum absolute atomic E-state index is 13.2. The fourth-order valence-corrected chi connectivity index (χ4v) is 3.80. The molecule has 8 heteroatoms. The van der Waals surface area contributed by atoms with Crippen LogP contribution in [0, 0.1) is 0 Å². The fourth-order valence-electron chi connectivity index (χ4n) is 3.80. The molecule has 0 atom stereocenters. The third kappa shape index (κ3) is 4.33. The molecule has 0 unspecified atom stereocenters. The van der Waals surface area contributed by atoms with Crippen molar-refractivity contribution in [3.8, 4) is 22.6 Å². The Morgan fingerprint density at radius 3 is 2.42 bits per heavy atom. The Morgan fingerprint density at radius 1 is 0.939 bits per heavy atom. The number of carbonyl (C=O) groups is 1. The van der Waals surface area contributed by atoms with Crippen LogP contribution in [0.1, 0.15) is 35.8 Å². The molecule has 164 valence electrons. The van der Waals surface area contributed by atoms with Gasteiger partial charge in [-0.15, -0.1) is 10.2 Å². The number of hydrogen-bond donors (Lipinski definition) is 0. The summed E-state index contributed by atoms with van der Waals surface area (Å²) in [4.78, 5) is 35.9. The average molecular weight is 439 g/mol. The Bertz CT molecular complexity index is 1320. The van der Waals surface area contributed by atoms with Crippen molar-refractivity contribution < 1.29 is 14.4 Å². The minimum atomic E-state index is -0.0299. The quantitative estimate of drug-likeness (QED) is 0.473. The van der Waals surface area contributed by atoms with Crippen LogP contribution in [0.15, 0.2) is 73.1 Å². The van der Waals surface area contributed by atoms with Crippen LogP contribution in [0.5, 0.6) is 0 Å². The highest BCUT2D eigenvalue weighted by molar-refractivity contribution is 6.10. The van der Waals surface area contributed by atoms with Crippen LogP contribution in [0.4, 0.5) is 5.82 Å². The van der Waals surface area contributed by atoms with Gasteiger partial charge in [-0.25, -0.2) is 4.98 Å². The summed E-state index contributed by atoms with van der Waals surface area (Å²) in [5, 5.41) is 8.25. The van der Waals surface area contributed by atoms with E-state index in [0.29, 0.717) is 23.9 Å². The molecule has 1 aliphatic rings. The molecule has 2 aromatic heterocycles.